The van der Waals surface area contributed by atoms with E-state index in [2.05, 4.69) is 30.4 Å². The second-order valence-electron chi connectivity index (χ2n) is 6.43. The van der Waals surface area contributed by atoms with Crippen molar-refractivity contribution >= 4 is 16.8 Å². The van der Waals surface area contributed by atoms with Gasteiger partial charge in [0.1, 0.15) is 22.8 Å². The summed E-state index contributed by atoms with van der Waals surface area (Å²) < 4.78 is 3.30. The Morgan fingerprint density at radius 1 is 1.36 bits per heavy atom. The lowest BCUT2D eigenvalue weighted by atomic mass is 10.2. The van der Waals surface area contributed by atoms with E-state index in [1.807, 2.05) is 6.92 Å². The fraction of sp³-hybridized carbons (Fsp3) is 0.294. The van der Waals surface area contributed by atoms with Crippen LogP contribution in [0.25, 0.3) is 33.9 Å². The van der Waals surface area contributed by atoms with Crippen LogP contribution in [-0.2, 0) is 13.6 Å². The molecule has 0 saturated heterocycles. The number of amides is 1. The summed E-state index contributed by atoms with van der Waals surface area (Å²) in [6.07, 6.45) is 2.47. The molecule has 0 unspecified atom stereocenters. The lowest BCUT2D eigenvalue weighted by Crippen LogP contribution is -2.13. The molecule has 11 heteroatoms. The van der Waals surface area contributed by atoms with Gasteiger partial charge in [0.2, 0.25) is 5.82 Å². The number of nitrogens with zero attached hydrogens (tertiary/aromatic N) is 7. The number of carbonyl (C=O) groups excluding carboxylic acids is 1. The van der Waals surface area contributed by atoms with Gasteiger partial charge in [0.15, 0.2) is 11.6 Å². The molecule has 4 rings (SSSR count). The number of rotatable bonds is 5. The molecule has 4 aromatic heterocycles. The van der Waals surface area contributed by atoms with E-state index in [-0.39, 0.29) is 17.3 Å². The molecule has 4 heterocycles. The first-order chi connectivity index (χ1) is 13.4. The average Bonchev–Trinajstić information content (AvgIpc) is 3.34. The quantitative estimate of drug-likeness (QED) is 0.468. The summed E-state index contributed by atoms with van der Waals surface area (Å²) in [6.45, 7) is 4.36. The van der Waals surface area contributed by atoms with Crippen molar-refractivity contribution in [2.24, 2.45) is 12.8 Å². The van der Waals surface area contributed by atoms with Crippen LogP contribution in [0.5, 0.6) is 5.75 Å². The predicted octanol–water partition coefficient (Wildman–Crippen LogP) is 1.14. The van der Waals surface area contributed by atoms with E-state index in [9.17, 15) is 9.90 Å². The summed E-state index contributed by atoms with van der Waals surface area (Å²) in [7, 11) is 1.75. The fourth-order valence-electron chi connectivity index (χ4n) is 3.09. The van der Waals surface area contributed by atoms with Gasteiger partial charge in [-0.15, -0.1) is 0 Å². The highest BCUT2D eigenvalue weighted by Gasteiger charge is 2.22. The number of aromatic amines is 1. The summed E-state index contributed by atoms with van der Waals surface area (Å²) in [5.74, 6) is -0.00167. The number of aromatic hydroxyl groups is 1. The van der Waals surface area contributed by atoms with Crippen LogP contribution >= 0.6 is 0 Å². The fourth-order valence-corrected chi connectivity index (χ4v) is 3.09. The normalized spacial score (nSPS) is 11.4. The standard InChI is InChI=1S/C17H19N9O2/c1-4-5-26-13(14(27)8(2)24-26)17-21-16(22-23-17)12-9-7-19-25(3)11(9)6-10(20-12)15(18)28/h6-7,27H,4-5H2,1-3H3,(H2,18,28)(H,21,22,23). The Labute approximate surface area is 159 Å². The molecule has 0 aliphatic heterocycles. The third kappa shape index (κ3) is 2.68. The van der Waals surface area contributed by atoms with Gasteiger partial charge in [0.05, 0.1) is 11.7 Å². The number of carbonyl (C=O) groups is 1. The first-order valence-electron chi connectivity index (χ1n) is 8.72. The van der Waals surface area contributed by atoms with Crippen molar-refractivity contribution in [3.63, 3.8) is 0 Å². The molecular weight excluding hydrogens is 362 g/mol. The number of H-pyrrole nitrogens is 1. The zero-order valence-corrected chi connectivity index (χ0v) is 15.6. The summed E-state index contributed by atoms with van der Waals surface area (Å²) in [5, 5.41) is 26.7. The highest BCUT2D eigenvalue weighted by Crippen LogP contribution is 2.32. The topological polar surface area (TPSA) is 153 Å². The zero-order valence-electron chi connectivity index (χ0n) is 15.6. The number of fused-ring (bicyclic) bond motifs is 1. The first-order valence-corrected chi connectivity index (χ1v) is 8.72. The molecule has 0 bridgehead atoms. The van der Waals surface area contributed by atoms with Crippen LogP contribution in [0.3, 0.4) is 0 Å². The second-order valence-corrected chi connectivity index (χ2v) is 6.43. The molecule has 0 aromatic carbocycles. The van der Waals surface area contributed by atoms with Crippen LogP contribution in [0.15, 0.2) is 12.3 Å². The van der Waals surface area contributed by atoms with Crippen molar-refractivity contribution in [3.05, 3.63) is 23.7 Å². The molecule has 0 aliphatic carbocycles. The Balaban J connectivity index is 1.88. The van der Waals surface area contributed by atoms with Gasteiger partial charge in [-0.1, -0.05) is 6.92 Å². The highest BCUT2D eigenvalue weighted by molar-refractivity contribution is 5.98. The lowest BCUT2D eigenvalue weighted by molar-refractivity contribution is 0.0996. The average molecular weight is 381 g/mol. The maximum absolute atomic E-state index is 11.7. The van der Waals surface area contributed by atoms with E-state index in [4.69, 9.17) is 5.73 Å². The van der Waals surface area contributed by atoms with E-state index in [0.29, 0.717) is 40.4 Å². The predicted molar refractivity (Wildman–Crippen MR) is 100 cm³/mol. The number of primary amides is 1. The Morgan fingerprint density at radius 3 is 2.86 bits per heavy atom. The third-order valence-electron chi connectivity index (χ3n) is 4.45. The van der Waals surface area contributed by atoms with Gasteiger partial charge in [-0.05, 0) is 19.4 Å². The summed E-state index contributed by atoms with van der Waals surface area (Å²) in [4.78, 5) is 20.5. The van der Waals surface area contributed by atoms with Gasteiger partial charge in [-0.25, -0.2) is 9.97 Å². The van der Waals surface area contributed by atoms with E-state index >= 15 is 0 Å². The van der Waals surface area contributed by atoms with E-state index in [1.54, 1.807) is 35.6 Å². The molecule has 4 N–H and O–H groups in total. The number of nitrogens with two attached hydrogens (primary N) is 1. The van der Waals surface area contributed by atoms with E-state index in [0.717, 1.165) is 6.42 Å². The van der Waals surface area contributed by atoms with Crippen molar-refractivity contribution in [2.45, 2.75) is 26.8 Å². The number of aromatic nitrogens is 8. The largest absolute Gasteiger partial charge is 0.504 e. The Kier molecular flexibility index (Phi) is 4.06. The number of hydrogen-bond donors (Lipinski definition) is 3. The molecule has 28 heavy (non-hydrogen) atoms. The molecule has 11 nitrogen and oxygen atoms in total. The minimum atomic E-state index is -0.658. The van der Waals surface area contributed by atoms with Gasteiger partial charge in [-0.2, -0.15) is 15.3 Å². The molecular formula is C17H19N9O2. The van der Waals surface area contributed by atoms with E-state index < -0.39 is 5.91 Å². The van der Waals surface area contributed by atoms with Gasteiger partial charge in [0, 0.05) is 19.0 Å². The minimum absolute atomic E-state index is 0.0431. The molecule has 0 spiro atoms. The van der Waals surface area contributed by atoms with Crippen molar-refractivity contribution in [2.75, 3.05) is 0 Å². The van der Waals surface area contributed by atoms with Gasteiger partial charge in [-0.3, -0.25) is 19.3 Å². The Morgan fingerprint density at radius 2 is 2.14 bits per heavy atom. The SMILES string of the molecule is CCCn1nc(C)c(O)c1-c1nc(-c2nc(C(N)=O)cc3c2cnn3C)n[nH]1. The molecule has 0 aliphatic rings. The number of pyridine rings is 1. The van der Waals surface area contributed by atoms with Crippen LogP contribution in [0.4, 0.5) is 0 Å². The number of aryl methyl sites for hydroxylation is 3. The van der Waals surface area contributed by atoms with Crippen LogP contribution in [0, 0.1) is 6.92 Å². The smallest absolute Gasteiger partial charge is 0.267 e. The first kappa shape index (κ1) is 17.6. The number of nitrogens with one attached hydrogen (secondary N) is 1. The van der Waals surface area contributed by atoms with E-state index in [1.165, 1.54) is 0 Å². The van der Waals surface area contributed by atoms with Crippen molar-refractivity contribution in [1.82, 2.24) is 39.7 Å². The molecule has 0 fully saturated rings. The van der Waals surface area contributed by atoms with Crippen molar-refractivity contribution in [3.8, 4) is 28.8 Å². The summed E-state index contributed by atoms with van der Waals surface area (Å²) in [5.41, 5.74) is 7.52. The van der Waals surface area contributed by atoms with Crippen LogP contribution < -0.4 is 5.73 Å². The van der Waals surface area contributed by atoms with Gasteiger partial charge in [0.25, 0.3) is 5.91 Å². The Hall–Kier alpha value is -3.76. The van der Waals surface area contributed by atoms with Crippen LogP contribution in [0.1, 0.15) is 29.5 Å². The molecule has 1 amide bonds. The summed E-state index contributed by atoms with van der Waals surface area (Å²) >= 11 is 0. The molecule has 4 aromatic rings. The van der Waals surface area contributed by atoms with Crippen molar-refractivity contribution < 1.29 is 9.90 Å². The molecule has 0 atom stereocenters. The highest BCUT2D eigenvalue weighted by atomic mass is 16.3. The third-order valence-corrected chi connectivity index (χ3v) is 4.45. The Bertz CT molecular complexity index is 1200. The monoisotopic (exact) mass is 381 g/mol. The molecule has 0 saturated carbocycles. The maximum atomic E-state index is 11.7. The van der Waals surface area contributed by atoms with Gasteiger partial charge < -0.3 is 10.8 Å². The molecule has 0 radical (unpaired) electrons. The van der Waals surface area contributed by atoms with Crippen LogP contribution in [-0.4, -0.2) is 50.7 Å². The minimum Gasteiger partial charge on any atom is -0.504 e. The second kappa shape index (κ2) is 6.44. The summed E-state index contributed by atoms with van der Waals surface area (Å²) in [6, 6.07) is 1.58. The van der Waals surface area contributed by atoms with Crippen LogP contribution in [0.2, 0.25) is 0 Å². The zero-order chi connectivity index (χ0) is 20.0. The number of hydrogen-bond acceptors (Lipinski definition) is 7. The van der Waals surface area contributed by atoms with Gasteiger partial charge >= 0.3 is 0 Å². The molecule has 144 valence electrons. The maximum Gasteiger partial charge on any atom is 0.267 e. The lowest BCUT2D eigenvalue weighted by Gasteiger charge is -2.03. The van der Waals surface area contributed by atoms with Crippen molar-refractivity contribution in [1.29, 1.82) is 0 Å².